The smallest absolute Gasteiger partial charge is 0.407 e. The summed E-state index contributed by atoms with van der Waals surface area (Å²) in [5.41, 5.74) is 5.11. The molecule has 0 spiro atoms. The van der Waals surface area contributed by atoms with Crippen LogP contribution in [0.5, 0.6) is 0 Å². The number of fused-ring (bicyclic) bond motifs is 1. The van der Waals surface area contributed by atoms with E-state index in [1.807, 2.05) is 0 Å². The van der Waals surface area contributed by atoms with Crippen LogP contribution in [0.15, 0.2) is 30.5 Å². The standard InChI is InChI=1S/C18H21N3O2/c1-21-6-4-13(5-7-21)16-10-19-17-3-2-12(9-15(16)17)8-14-11-23-18(22)20-14/h2-4,9-10,14,19H,5-8,11H2,1H3,(H,20,22). The molecular formula is C18H21N3O2. The van der Waals surface area contributed by atoms with E-state index in [0.29, 0.717) is 6.61 Å². The highest BCUT2D eigenvalue weighted by molar-refractivity contribution is 5.93. The maximum absolute atomic E-state index is 11.2. The van der Waals surface area contributed by atoms with E-state index in [9.17, 15) is 4.79 Å². The molecule has 1 unspecified atom stereocenters. The Balaban J connectivity index is 1.62. The van der Waals surface area contributed by atoms with Gasteiger partial charge in [0.15, 0.2) is 0 Å². The Labute approximate surface area is 135 Å². The number of carbonyl (C=O) groups excluding carboxylic acids is 1. The zero-order valence-electron chi connectivity index (χ0n) is 13.3. The number of nitrogens with zero attached hydrogens (tertiary/aromatic N) is 1. The van der Waals surface area contributed by atoms with Crippen LogP contribution in [0.1, 0.15) is 17.5 Å². The molecule has 2 aromatic rings. The average molecular weight is 311 g/mol. The Morgan fingerprint density at radius 2 is 2.30 bits per heavy atom. The molecule has 5 nitrogen and oxygen atoms in total. The number of amides is 1. The van der Waals surface area contributed by atoms with Gasteiger partial charge in [-0.05, 0) is 43.2 Å². The van der Waals surface area contributed by atoms with Crippen molar-refractivity contribution in [3.63, 3.8) is 0 Å². The first-order valence-electron chi connectivity index (χ1n) is 8.10. The van der Waals surface area contributed by atoms with Crippen LogP contribution in [0.3, 0.4) is 0 Å². The SMILES string of the molecule is CN1CC=C(c2c[nH]c3ccc(CC4COC(=O)N4)cc23)CC1. The number of ether oxygens (including phenoxy) is 1. The fourth-order valence-corrected chi connectivity index (χ4v) is 3.40. The zero-order chi connectivity index (χ0) is 15.8. The lowest BCUT2D eigenvalue weighted by atomic mass is 9.97. The zero-order valence-corrected chi connectivity index (χ0v) is 13.3. The number of aromatic amines is 1. The first-order chi connectivity index (χ1) is 11.2. The lowest BCUT2D eigenvalue weighted by Gasteiger charge is -2.21. The van der Waals surface area contributed by atoms with E-state index in [2.05, 4.69) is 52.7 Å². The van der Waals surface area contributed by atoms with E-state index in [1.165, 1.54) is 22.1 Å². The third-order valence-corrected chi connectivity index (χ3v) is 4.72. The quantitative estimate of drug-likeness (QED) is 0.916. The number of benzene rings is 1. The molecule has 120 valence electrons. The number of carbonyl (C=O) groups is 1. The Kier molecular flexibility index (Phi) is 3.58. The average Bonchev–Trinajstić information content (AvgIpc) is 3.14. The normalized spacial score (nSPS) is 22.0. The summed E-state index contributed by atoms with van der Waals surface area (Å²) in [6.07, 6.45) is 6.01. The lowest BCUT2D eigenvalue weighted by Crippen LogP contribution is -2.28. The molecule has 1 aromatic carbocycles. The van der Waals surface area contributed by atoms with Crippen molar-refractivity contribution in [3.8, 4) is 0 Å². The Bertz CT molecular complexity index is 778. The number of cyclic esters (lactones) is 1. The number of hydrogen-bond acceptors (Lipinski definition) is 3. The summed E-state index contributed by atoms with van der Waals surface area (Å²) in [5, 5.41) is 4.11. The van der Waals surface area contributed by atoms with Gasteiger partial charge in [0, 0.05) is 35.8 Å². The molecular weight excluding hydrogens is 290 g/mol. The van der Waals surface area contributed by atoms with E-state index < -0.39 is 0 Å². The Morgan fingerprint density at radius 3 is 3.04 bits per heavy atom. The van der Waals surface area contributed by atoms with Gasteiger partial charge >= 0.3 is 6.09 Å². The van der Waals surface area contributed by atoms with Gasteiger partial charge in [0.2, 0.25) is 0 Å². The lowest BCUT2D eigenvalue weighted by molar-refractivity contribution is 0.177. The minimum atomic E-state index is -0.310. The van der Waals surface area contributed by atoms with Crippen molar-refractivity contribution in [2.75, 3.05) is 26.7 Å². The molecule has 4 rings (SSSR count). The maximum Gasteiger partial charge on any atom is 0.407 e. The number of H-pyrrole nitrogens is 1. The van der Waals surface area contributed by atoms with Crippen molar-refractivity contribution >= 4 is 22.6 Å². The summed E-state index contributed by atoms with van der Waals surface area (Å²) < 4.78 is 4.97. The number of aromatic nitrogens is 1. The third-order valence-electron chi connectivity index (χ3n) is 4.72. The van der Waals surface area contributed by atoms with Crippen LogP contribution in [0.4, 0.5) is 4.79 Å². The van der Waals surface area contributed by atoms with E-state index in [4.69, 9.17) is 4.74 Å². The molecule has 1 atom stereocenters. The molecule has 1 saturated heterocycles. The van der Waals surface area contributed by atoms with Crippen molar-refractivity contribution in [1.82, 2.24) is 15.2 Å². The van der Waals surface area contributed by atoms with Crippen LogP contribution < -0.4 is 5.32 Å². The molecule has 1 amide bonds. The molecule has 23 heavy (non-hydrogen) atoms. The number of alkyl carbamates (subject to hydrolysis) is 1. The van der Waals surface area contributed by atoms with Crippen molar-refractivity contribution in [2.45, 2.75) is 18.9 Å². The van der Waals surface area contributed by atoms with E-state index >= 15 is 0 Å². The van der Waals surface area contributed by atoms with E-state index in [0.717, 1.165) is 31.4 Å². The van der Waals surface area contributed by atoms with Gasteiger partial charge in [0.05, 0.1) is 6.04 Å². The minimum Gasteiger partial charge on any atom is -0.447 e. The summed E-state index contributed by atoms with van der Waals surface area (Å²) >= 11 is 0. The first kappa shape index (κ1) is 14.3. The topological polar surface area (TPSA) is 57.4 Å². The molecule has 5 heteroatoms. The van der Waals surface area contributed by atoms with Gasteiger partial charge in [0.25, 0.3) is 0 Å². The summed E-state index contributed by atoms with van der Waals surface area (Å²) in [7, 11) is 2.15. The van der Waals surface area contributed by atoms with Crippen molar-refractivity contribution in [2.24, 2.45) is 0 Å². The number of likely N-dealkylation sites (N-methyl/N-ethyl adjacent to an activating group) is 1. The fraction of sp³-hybridized carbons (Fsp3) is 0.389. The summed E-state index contributed by atoms with van der Waals surface area (Å²) in [4.78, 5) is 16.9. The largest absolute Gasteiger partial charge is 0.447 e. The number of nitrogens with one attached hydrogen (secondary N) is 2. The van der Waals surface area contributed by atoms with Gasteiger partial charge in [-0.2, -0.15) is 0 Å². The van der Waals surface area contributed by atoms with Crippen molar-refractivity contribution in [3.05, 3.63) is 41.6 Å². The summed E-state index contributed by atoms with van der Waals surface area (Å²) in [6, 6.07) is 6.56. The van der Waals surface area contributed by atoms with Crippen LogP contribution in [0.2, 0.25) is 0 Å². The second kappa shape index (κ2) is 5.74. The minimum absolute atomic E-state index is 0.0740. The van der Waals surface area contributed by atoms with Crippen molar-refractivity contribution in [1.29, 1.82) is 0 Å². The highest BCUT2D eigenvalue weighted by Gasteiger charge is 2.22. The molecule has 2 aliphatic rings. The van der Waals surface area contributed by atoms with Gasteiger partial charge < -0.3 is 19.9 Å². The van der Waals surface area contributed by atoms with E-state index in [-0.39, 0.29) is 12.1 Å². The second-order valence-corrected chi connectivity index (χ2v) is 6.47. The number of rotatable bonds is 3. The monoisotopic (exact) mass is 311 g/mol. The molecule has 0 bridgehead atoms. The second-order valence-electron chi connectivity index (χ2n) is 6.47. The summed E-state index contributed by atoms with van der Waals surface area (Å²) in [5.74, 6) is 0. The third kappa shape index (κ3) is 2.84. The highest BCUT2D eigenvalue weighted by atomic mass is 16.6. The highest BCUT2D eigenvalue weighted by Crippen LogP contribution is 2.30. The van der Waals surface area contributed by atoms with Crippen LogP contribution in [-0.4, -0.2) is 48.8 Å². The molecule has 0 saturated carbocycles. The predicted molar refractivity (Wildman–Crippen MR) is 90.4 cm³/mol. The van der Waals surface area contributed by atoms with Crippen LogP contribution >= 0.6 is 0 Å². The van der Waals surface area contributed by atoms with Gasteiger partial charge in [-0.25, -0.2) is 4.79 Å². The summed E-state index contributed by atoms with van der Waals surface area (Å²) in [6.45, 7) is 2.56. The molecule has 0 aliphatic carbocycles. The Morgan fingerprint density at radius 1 is 1.39 bits per heavy atom. The van der Waals surface area contributed by atoms with E-state index in [1.54, 1.807) is 0 Å². The molecule has 0 radical (unpaired) electrons. The fourth-order valence-electron chi connectivity index (χ4n) is 3.40. The molecule has 2 N–H and O–H groups in total. The van der Waals surface area contributed by atoms with Crippen molar-refractivity contribution < 1.29 is 9.53 Å². The molecule has 1 aromatic heterocycles. The van der Waals surface area contributed by atoms with Crippen LogP contribution in [0, 0.1) is 0 Å². The van der Waals surface area contributed by atoms with Crippen LogP contribution in [0.25, 0.3) is 16.5 Å². The molecule has 3 heterocycles. The molecule has 1 fully saturated rings. The maximum atomic E-state index is 11.2. The number of hydrogen-bond donors (Lipinski definition) is 2. The van der Waals surface area contributed by atoms with Crippen LogP contribution in [-0.2, 0) is 11.2 Å². The first-order valence-corrected chi connectivity index (χ1v) is 8.10. The Hall–Kier alpha value is -2.27. The predicted octanol–water partition coefficient (Wildman–Crippen LogP) is 2.54. The van der Waals surface area contributed by atoms with Gasteiger partial charge in [-0.3, -0.25) is 0 Å². The van der Waals surface area contributed by atoms with Gasteiger partial charge in [-0.1, -0.05) is 12.1 Å². The van der Waals surface area contributed by atoms with Gasteiger partial charge in [0.1, 0.15) is 6.61 Å². The van der Waals surface area contributed by atoms with Gasteiger partial charge in [-0.15, -0.1) is 0 Å². The molecule has 2 aliphatic heterocycles.